The molecule has 0 aliphatic carbocycles. The zero-order valence-electron chi connectivity index (χ0n) is 7.71. The van der Waals surface area contributed by atoms with Crippen LogP contribution in [0.2, 0.25) is 10.0 Å². The van der Waals surface area contributed by atoms with Crippen molar-refractivity contribution in [1.29, 1.82) is 0 Å². The molecule has 1 aromatic rings. The molecule has 2 rings (SSSR count). The first-order chi connectivity index (χ1) is 7.11. The van der Waals surface area contributed by atoms with Crippen molar-refractivity contribution in [2.24, 2.45) is 0 Å². The molecule has 1 aliphatic rings. The van der Waals surface area contributed by atoms with Gasteiger partial charge < -0.3 is 4.90 Å². The van der Waals surface area contributed by atoms with E-state index >= 15 is 0 Å². The topological polar surface area (TPSA) is 20.3 Å². The summed E-state index contributed by atoms with van der Waals surface area (Å²) < 4.78 is 0. The number of carbonyl (C=O) groups excluding carboxylic acids is 1. The van der Waals surface area contributed by atoms with Crippen molar-refractivity contribution >= 4 is 50.7 Å². The molecule has 0 radical (unpaired) electrons. The average Bonchev–Trinajstić information content (AvgIpc) is 2.53. The van der Waals surface area contributed by atoms with Crippen LogP contribution in [0, 0.1) is 0 Å². The fraction of sp³-hybridized carbons (Fsp3) is 0.300. The van der Waals surface area contributed by atoms with E-state index in [0.717, 1.165) is 6.42 Å². The van der Waals surface area contributed by atoms with Crippen LogP contribution in [0.1, 0.15) is 6.42 Å². The summed E-state index contributed by atoms with van der Waals surface area (Å²) in [7, 11) is 0. The van der Waals surface area contributed by atoms with Gasteiger partial charge in [0, 0.05) is 6.54 Å². The fourth-order valence-electron chi connectivity index (χ4n) is 1.59. The molecular weight excluding hydrogens is 301 g/mol. The molecule has 1 aliphatic heterocycles. The van der Waals surface area contributed by atoms with Crippen molar-refractivity contribution < 1.29 is 4.79 Å². The zero-order valence-corrected chi connectivity index (χ0v) is 10.8. The Balaban J connectivity index is 2.38. The Kier molecular flexibility index (Phi) is 3.24. The number of rotatable bonds is 1. The monoisotopic (exact) mass is 307 g/mol. The minimum Gasteiger partial charge on any atom is -0.310 e. The Morgan fingerprint density at radius 1 is 1.40 bits per heavy atom. The van der Waals surface area contributed by atoms with Crippen LogP contribution in [0.4, 0.5) is 5.69 Å². The van der Waals surface area contributed by atoms with Gasteiger partial charge in [-0.25, -0.2) is 0 Å². The van der Waals surface area contributed by atoms with Gasteiger partial charge in [-0.05, 0) is 18.6 Å². The SMILES string of the molecule is O=C1C(Br)CCN1c1cccc(Cl)c1Cl. The summed E-state index contributed by atoms with van der Waals surface area (Å²) in [6.07, 6.45) is 0.793. The van der Waals surface area contributed by atoms with Crippen LogP contribution in [0.25, 0.3) is 0 Å². The number of alkyl halides is 1. The van der Waals surface area contributed by atoms with Crippen LogP contribution in [0.15, 0.2) is 18.2 Å². The number of hydrogen-bond acceptors (Lipinski definition) is 1. The maximum Gasteiger partial charge on any atom is 0.240 e. The van der Waals surface area contributed by atoms with E-state index in [0.29, 0.717) is 22.3 Å². The first-order valence-corrected chi connectivity index (χ1v) is 6.18. The van der Waals surface area contributed by atoms with E-state index in [-0.39, 0.29) is 10.7 Å². The number of halogens is 3. The third-order valence-electron chi connectivity index (χ3n) is 2.36. The Labute approximate surface area is 106 Å². The molecule has 15 heavy (non-hydrogen) atoms. The van der Waals surface area contributed by atoms with E-state index in [9.17, 15) is 4.79 Å². The van der Waals surface area contributed by atoms with Crippen molar-refractivity contribution in [2.45, 2.75) is 11.2 Å². The number of anilines is 1. The summed E-state index contributed by atoms with van der Waals surface area (Å²) >= 11 is 15.3. The summed E-state index contributed by atoms with van der Waals surface area (Å²) in [5, 5.41) is 0.911. The van der Waals surface area contributed by atoms with Gasteiger partial charge in [0.1, 0.15) is 0 Å². The molecule has 2 nitrogen and oxygen atoms in total. The van der Waals surface area contributed by atoms with Crippen LogP contribution >= 0.6 is 39.1 Å². The molecule has 80 valence electrons. The molecule has 1 unspecified atom stereocenters. The van der Waals surface area contributed by atoms with Crippen molar-refractivity contribution in [3.05, 3.63) is 28.2 Å². The lowest BCUT2D eigenvalue weighted by atomic mass is 10.3. The van der Waals surface area contributed by atoms with Crippen molar-refractivity contribution in [3.8, 4) is 0 Å². The predicted octanol–water partition coefficient (Wildman–Crippen LogP) is 3.49. The predicted molar refractivity (Wildman–Crippen MR) is 66.1 cm³/mol. The van der Waals surface area contributed by atoms with Gasteiger partial charge in [0.2, 0.25) is 5.91 Å². The standard InChI is InChI=1S/C10H8BrCl2NO/c11-6-4-5-14(10(6)15)8-3-1-2-7(12)9(8)13/h1-3,6H,4-5H2. The first-order valence-electron chi connectivity index (χ1n) is 4.50. The fourth-order valence-corrected chi connectivity index (χ4v) is 2.43. The number of nitrogens with zero attached hydrogens (tertiary/aromatic N) is 1. The summed E-state index contributed by atoms with van der Waals surface area (Å²) in [6.45, 7) is 0.675. The molecule has 1 fully saturated rings. The van der Waals surface area contributed by atoms with E-state index in [1.807, 2.05) is 0 Å². The van der Waals surface area contributed by atoms with Gasteiger partial charge in [-0.3, -0.25) is 4.79 Å². The van der Waals surface area contributed by atoms with Crippen LogP contribution in [0.3, 0.4) is 0 Å². The quantitative estimate of drug-likeness (QED) is 0.727. The molecule has 1 atom stereocenters. The maximum atomic E-state index is 11.7. The highest BCUT2D eigenvalue weighted by Crippen LogP contribution is 2.35. The van der Waals surface area contributed by atoms with Gasteiger partial charge in [-0.15, -0.1) is 0 Å². The number of carbonyl (C=O) groups is 1. The normalized spacial score (nSPS) is 21.1. The lowest BCUT2D eigenvalue weighted by Gasteiger charge is -2.17. The van der Waals surface area contributed by atoms with Gasteiger partial charge in [0.25, 0.3) is 0 Å². The smallest absolute Gasteiger partial charge is 0.240 e. The third-order valence-corrected chi connectivity index (χ3v) is 4.02. The Morgan fingerprint density at radius 2 is 2.13 bits per heavy atom. The Morgan fingerprint density at radius 3 is 2.73 bits per heavy atom. The van der Waals surface area contributed by atoms with Crippen molar-refractivity contribution in [3.63, 3.8) is 0 Å². The van der Waals surface area contributed by atoms with Gasteiger partial charge >= 0.3 is 0 Å². The van der Waals surface area contributed by atoms with E-state index in [4.69, 9.17) is 23.2 Å². The van der Waals surface area contributed by atoms with Crippen LogP contribution < -0.4 is 4.90 Å². The highest BCUT2D eigenvalue weighted by Gasteiger charge is 2.31. The molecule has 0 N–H and O–H groups in total. The van der Waals surface area contributed by atoms with Gasteiger partial charge in [-0.2, -0.15) is 0 Å². The molecule has 5 heteroatoms. The first kappa shape index (κ1) is 11.2. The molecule has 0 aromatic heterocycles. The van der Waals surface area contributed by atoms with Crippen LogP contribution in [0.5, 0.6) is 0 Å². The molecule has 0 spiro atoms. The second-order valence-corrected chi connectivity index (χ2v) is 5.21. The number of benzene rings is 1. The van der Waals surface area contributed by atoms with Crippen molar-refractivity contribution in [1.82, 2.24) is 0 Å². The highest BCUT2D eigenvalue weighted by atomic mass is 79.9. The van der Waals surface area contributed by atoms with Gasteiger partial charge in [-0.1, -0.05) is 45.2 Å². The molecular formula is C10H8BrCl2NO. The number of hydrogen-bond donors (Lipinski definition) is 0. The van der Waals surface area contributed by atoms with E-state index in [1.165, 1.54) is 0 Å². The minimum atomic E-state index is -0.104. The lowest BCUT2D eigenvalue weighted by Crippen LogP contribution is -2.27. The molecule has 0 saturated carbocycles. The molecule has 1 heterocycles. The zero-order chi connectivity index (χ0) is 11.0. The number of amides is 1. The second-order valence-electron chi connectivity index (χ2n) is 3.32. The largest absolute Gasteiger partial charge is 0.310 e. The lowest BCUT2D eigenvalue weighted by molar-refractivity contribution is -0.116. The highest BCUT2D eigenvalue weighted by molar-refractivity contribution is 9.10. The molecule has 1 aromatic carbocycles. The summed E-state index contributed by atoms with van der Waals surface area (Å²) in [5.74, 6) is 0.0409. The maximum absolute atomic E-state index is 11.7. The summed E-state index contributed by atoms with van der Waals surface area (Å²) in [6, 6.07) is 5.30. The average molecular weight is 309 g/mol. The summed E-state index contributed by atoms with van der Waals surface area (Å²) in [5.41, 5.74) is 0.691. The van der Waals surface area contributed by atoms with Crippen molar-refractivity contribution in [2.75, 3.05) is 11.4 Å². The molecule has 1 saturated heterocycles. The third kappa shape index (κ3) is 2.01. The van der Waals surface area contributed by atoms with Crippen LogP contribution in [-0.4, -0.2) is 17.3 Å². The molecule has 0 bridgehead atoms. The Bertz CT molecular complexity index is 410. The minimum absolute atomic E-state index is 0.0409. The van der Waals surface area contributed by atoms with Crippen LogP contribution in [-0.2, 0) is 4.79 Å². The van der Waals surface area contributed by atoms with Gasteiger partial charge in [0.15, 0.2) is 0 Å². The summed E-state index contributed by atoms with van der Waals surface area (Å²) in [4.78, 5) is 13.3. The van der Waals surface area contributed by atoms with E-state index in [2.05, 4.69) is 15.9 Å². The second kappa shape index (κ2) is 4.32. The van der Waals surface area contributed by atoms with Gasteiger partial charge in [0.05, 0.1) is 20.6 Å². The Hall–Kier alpha value is -0.250. The molecule has 1 amide bonds. The van der Waals surface area contributed by atoms with E-state index in [1.54, 1.807) is 23.1 Å². The van der Waals surface area contributed by atoms with E-state index < -0.39 is 0 Å².